The van der Waals surface area contributed by atoms with Crippen molar-refractivity contribution >= 4 is 17.5 Å². The number of hydrogen-bond donors (Lipinski definition) is 1. The van der Waals surface area contributed by atoms with Gasteiger partial charge in [0.2, 0.25) is 0 Å². The Morgan fingerprint density at radius 3 is 2.48 bits per heavy atom. The number of benzene rings is 1. The zero-order chi connectivity index (χ0) is 17.8. The van der Waals surface area contributed by atoms with Crippen molar-refractivity contribution in [2.75, 3.05) is 31.6 Å². The monoisotopic (exact) mass is 339 g/mol. The predicted octanol–water partition coefficient (Wildman–Crippen LogP) is 2.42. The molecule has 0 spiro atoms. The number of morpholine rings is 1. The average molecular weight is 339 g/mol. The highest BCUT2D eigenvalue weighted by molar-refractivity contribution is 6.05. The van der Waals surface area contributed by atoms with Crippen molar-refractivity contribution in [2.45, 2.75) is 13.8 Å². The molecule has 0 unspecified atom stereocenters. The van der Waals surface area contributed by atoms with E-state index in [1.54, 1.807) is 17.0 Å². The van der Waals surface area contributed by atoms with Crippen LogP contribution in [0, 0.1) is 13.8 Å². The van der Waals surface area contributed by atoms with Gasteiger partial charge in [-0.05, 0) is 37.1 Å². The van der Waals surface area contributed by atoms with Gasteiger partial charge >= 0.3 is 0 Å². The lowest BCUT2D eigenvalue weighted by atomic mass is 10.1. The van der Waals surface area contributed by atoms with E-state index >= 15 is 0 Å². The molecule has 1 aromatic carbocycles. The number of aryl methyl sites for hydroxylation is 2. The Labute approximate surface area is 146 Å². The summed E-state index contributed by atoms with van der Waals surface area (Å²) in [6.45, 7) is 6.08. The van der Waals surface area contributed by atoms with Crippen molar-refractivity contribution in [3.05, 3.63) is 58.9 Å². The van der Waals surface area contributed by atoms with E-state index in [9.17, 15) is 9.59 Å². The highest BCUT2D eigenvalue weighted by Gasteiger charge is 2.20. The second-order valence-corrected chi connectivity index (χ2v) is 6.06. The molecule has 1 aromatic heterocycles. The topological polar surface area (TPSA) is 71.5 Å². The van der Waals surface area contributed by atoms with Crippen LogP contribution in [0.5, 0.6) is 0 Å². The Morgan fingerprint density at radius 2 is 1.80 bits per heavy atom. The van der Waals surface area contributed by atoms with Crippen LogP contribution in [-0.4, -0.2) is 48.0 Å². The van der Waals surface area contributed by atoms with E-state index in [-0.39, 0.29) is 17.5 Å². The number of amides is 2. The van der Waals surface area contributed by atoms with Gasteiger partial charge in [0.1, 0.15) is 5.69 Å². The Hall–Kier alpha value is -2.73. The number of carbonyl (C=O) groups is 2. The Kier molecular flexibility index (Phi) is 5.09. The third-order valence-corrected chi connectivity index (χ3v) is 4.26. The molecule has 25 heavy (non-hydrogen) atoms. The maximum Gasteiger partial charge on any atom is 0.274 e. The fourth-order valence-electron chi connectivity index (χ4n) is 2.83. The summed E-state index contributed by atoms with van der Waals surface area (Å²) in [5.74, 6) is -0.430. The van der Waals surface area contributed by atoms with Crippen molar-refractivity contribution in [3.63, 3.8) is 0 Å². The Morgan fingerprint density at radius 1 is 1.12 bits per heavy atom. The van der Waals surface area contributed by atoms with Crippen LogP contribution < -0.4 is 5.32 Å². The zero-order valence-corrected chi connectivity index (χ0v) is 14.4. The maximum atomic E-state index is 12.6. The first-order valence-corrected chi connectivity index (χ1v) is 8.27. The molecule has 1 N–H and O–H groups in total. The SMILES string of the molecule is Cc1cccc(C)c1NC(=O)c1cc(C(=O)N2CCOCC2)ccn1. The molecule has 0 aliphatic carbocycles. The number of ether oxygens (including phenoxy) is 1. The lowest BCUT2D eigenvalue weighted by molar-refractivity contribution is 0.0303. The number of aromatic nitrogens is 1. The van der Waals surface area contributed by atoms with E-state index in [0.717, 1.165) is 16.8 Å². The Balaban J connectivity index is 1.78. The third kappa shape index (κ3) is 3.85. The van der Waals surface area contributed by atoms with Crippen LogP contribution in [0.1, 0.15) is 32.0 Å². The molecule has 2 aromatic rings. The summed E-state index contributed by atoms with van der Waals surface area (Å²) >= 11 is 0. The summed E-state index contributed by atoms with van der Waals surface area (Å²) < 4.78 is 5.27. The number of pyridine rings is 1. The molecule has 2 amide bonds. The molecule has 0 radical (unpaired) electrons. The predicted molar refractivity (Wildman–Crippen MR) is 94.8 cm³/mol. The molecule has 2 heterocycles. The molecule has 1 aliphatic rings. The van der Waals surface area contributed by atoms with Crippen molar-refractivity contribution in [1.29, 1.82) is 0 Å². The number of para-hydroxylation sites is 1. The average Bonchev–Trinajstić information content (AvgIpc) is 2.65. The second-order valence-electron chi connectivity index (χ2n) is 6.06. The van der Waals surface area contributed by atoms with Crippen LogP contribution in [-0.2, 0) is 4.74 Å². The molecule has 1 saturated heterocycles. The van der Waals surface area contributed by atoms with E-state index in [1.807, 2.05) is 32.0 Å². The minimum Gasteiger partial charge on any atom is -0.378 e. The highest BCUT2D eigenvalue weighted by Crippen LogP contribution is 2.20. The van der Waals surface area contributed by atoms with E-state index in [0.29, 0.717) is 31.9 Å². The van der Waals surface area contributed by atoms with E-state index in [2.05, 4.69) is 10.3 Å². The number of rotatable bonds is 3. The standard InChI is InChI=1S/C19H21N3O3/c1-13-4-3-5-14(2)17(13)21-18(23)16-12-15(6-7-20-16)19(24)22-8-10-25-11-9-22/h3-7,12H,8-11H2,1-2H3,(H,21,23). The van der Waals surface area contributed by atoms with Crippen LogP contribution in [0.25, 0.3) is 0 Å². The fraction of sp³-hybridized carbons (Fsp3) is 0.316. The fourth-order valence-corrected chi connectivity index (χ4v) is 2.83. The first-order chi connectivity index (χ1) is 12.1. The van der Waals surface area contributed by atoms with Crippen LogP contribution in [0.15, 0.2) is 36.5 Å². The van der Waals surface area contributed by atoms with E-state index < -0.39 is 0 Å². The van der Waals surface area contributed by atoms with Gasteiger partial charge in [-0.1, -0.05) is 18.2 Å². The number of carbonyl (C=O) groups excluding carboxylic acids is 2. The minimum atomic E-state index is -0.325. The van der Waals surface area contributed by atoms with Gasteiger partial charge in [-0.15, -0.1) is 0 Å². The van der Waals surface area contributed by atoms with Gasteiger partial charge in [0.05, 0.1) is 13.2 Å². The van der Waals surface area contributed by atoms with Crippen LogP contribution in [0.3, 0.4) is 0 Å². The molecule has 0 atom stereocenters. The minimum absolute atomic E-state index is 0.105. The molecule has 1 fully saturated rings. The van der Waals surface area contributed by atoms with E-state index in [1.165, 1.54) is 6.20 Å². The molecular weight excluding hydrogens is 318 g/mol. The van der Waals surface area contributed by atoms with Crippen molar-refractivity contribution in [2.24, 2.45) is 0 Å². The van der Waals surface area contributed by atoms with Crippen molar-refractivity contribution < 1.29 is 14.3 Å². The van der Waals surface area contributed by atoms with Gasteiger partial charge in [-0.3, -0.25) is 14.6 Å². The Bertz CT molecular complexity index is 778. The molecule has 1 aliphatic heterocycles. The normalized spacial score (nSPS) is 14.2. The highest BCUT2D eigenvalue weighted by atomic mass is 16.5. The first kappa shape index (κ1) is 17.1. The van der Waals surface area contributed by atoms with Gasteiger partial charge < -0.3 is 15.0 Å². The largest absolute Gasteiger partial charge is 0.378 e. The smallest absolute Gasteiger partial charge is 0.274 e. The second kappa shape index (κ2) is 7.44. The van der Waals surface area contributed by atoms with Gasteiger partial charge in [0.15, 0.2) is 0 Å². The van der Waals surface area contributed by atoms with Crippen LogP contribution in [0.4, 0.5) is 5.69 Å². The number of nitrogens with one attached hydrogen (secondary N) is 1. The quantitative estimate of drug-likeness (QED) is 0.932. The molecule has 3 rings (SSSR count). The molecule has 130 valence electrons. The lowest BCUT2D eigenvalue weighted by Gasteiger charge is -2.26. The van der Waals surface area contributed by atoms with Gasteiger partial charge in [0.25, 0.3) is 11.8 Å². The summed E-state index contributed by atoms with van der Waals surface area (Å²) in [5.41, 5.74) is 3.42. The van der Waals surface area contributed by atoms with Crippen molar-refractivity contribution in [3.8, 4) is 0 Å². The van der Waals surface area contributed by atoms with E-state index in [4.69, 9.17) is 4.74 Å². The first-order valence-electron chi connectivity index (χ1n) is 8.27. The third-order valence-electron chi connectivity index (χ3n) is 4.26. The lowest BCUT2D eigenvalue weighted by Crippen LogP contribution is -2.40. The molecular formula is C19H21N3O3. The zero-order valence-electron chi connectivity index (χ0n) is 14.4. The summed E-state index contributed by atoms with van der Waals surface area (Å²) in [7, 11) is 0. The number of hydrogen-bond acceptors (Lipinski definition) is 4. The summed E-state index contributed by atoms with van der Waals surface area (Å²) in [6.07, 6.45) is 1.49. The maximum absolute atomic E-state index is 12.6. The number of anilines is 1. The summed E-state index contributed by atoms with van der Waals surface area (Å²) in [6, 6.07) is 9.00. The number of nitrogens with zero attached hydrogens (tertiary/aromatic N) is 2. The van der Waals surface area contributed by atoms with Crippen molar-refractivity contribution in [1.82, 2.24) is 9.88 Å². The van der Waals surface area contributed by atoms with Gasteiger partial charge in [-0.2, -0.15) is 0 Å². The van der Waals surface area contributed by atoms with Crippen LogP contribution in [0.2, 0.25) is 0 Å². The molecule has 0 saturated carbocycles. The summed E-state index contributed by atoms with van der Waals surface area (Å²) in [4.78, 5) is 30.9. The molecule has 0 bridgehead atoms. The van der Waals surface area contributed by atoms with Crippen LogP contribution >= 0.6 is 0 Å². The molecule has 6 heteroatoms. The van der Waals surface area contributed by atoms with Gasteiger partial charge in [-0.25, -0.2) is 0 Å². The summed E-state index contributed by atoms with van der Waals surface area (Å²) in [5, 5.41) is 2.89. The molecule has 6 nitrogen and oxygen atoms in total. The van der Waals surface area contributed by atoms with Gasteiger partial charge in [0, 0.05) is 30.5 Å².